The summed E-state index contributed by atoms with van der Waals surface area (Å²) in [5.41, 5.74) is 2.48. The van der Waals surface area contributed by atoms with Gasteiger partial charge in [0.15, 0.2) is 5.12 Å². The molecule has 0 spiro atoms. The maximum Gasteiger partial charge on any atom is 0.220 e. The maximum atomic E-state index is 11.9. The fourth-order valence-electron chi connectivity index (χ4n) is 2.13. The van der Waals surface area contributed by atoms with Gasteiger partial charge in [-0.1, -0.05) is 36.1 Å². The van der Waals surface area contributed by atoms with Gasteiger partial charge in [-0.15, -0.1) is 0 Å². The lowest BCUT2D eigenvalue weighted by Crippen LogP contribution is -2.27. The summed E-state index contributed by atoms with van der Waals surface area (Å²) in [6.07, 6.45) is 1.37. The molecule has 0 aliphatic rings. The first kappa shape index (κ1) is 24.5. The number of ether oxygens (including phenoxy) is 2. The molecule has 0 aliphatic carbocycles. The van der Waals surface area contributed by atoms with Crippen molar-refractivity contribution in [3.8, 4) is 0 Å². The second-order valence-corrected chi connectivity index (χ2v) is 7.10. The van der Waals surface area contributed by atoms with Crippen molar-refractivity contribution >= 4 is 40.5 Å². The van der Waals surface area contributed by atoms with E-state index < -0.39 is 0 Å². The Morgan fingerprint density at radius 1 is 1.04 bits per heavy atom. The molecule has 0 atom stereocenters. The molecule has 7 nitrogen and oxygen atoms in total. The Morgan fingerprint density at radius 3 is 2.46 bits per heavy atom. The van der Waals surface area contributed by atoms with Crippen molar-refractivity contribution in [3.05, 3.63) is 29.8 Å². The Hall–Kier alpha value is -1.52. The van der Waals surface area contributed by atoms with Gasteiger partial charge in [-0.2, -0.15) is 0 Å². The molecule has 0 heterocycles. The number of thioether (sulfide) groups is 1. The van der Waals surface area contributed by atoms with Crippen LogP contribution in [0.1, 0.15) is 18.4 Å². The van der Waals surface area contributed by atoms with Crippen LogP contribution in [0.2, 0.25) is 0 Å². The van der Waals surface area contributed by atoms with Gasteiger partial charge in [0.2, 0.25) is 5.91 Å². The van der Waals surface area contributed by atoms with Crippen LogP contribution in [-0.4, -0.2) is 67.7 Å². The van der Waals surface area contributed by atoms with Crippen molar-refractivity contribution in [2.75, 3.05) is 46.1 Å². The first-order valence-corrected chi connectivity index (χ1v) is 10.4. The van der Waals surface area contributed by atoms with E-state index in [1.165, 1.54) is 17.3 Å². The Morgan fingerprint density at radius 2 is 1.75 bits per heavy atom. The number of amides is 1. The second kappa shape index (κ2) is 16.4. The number of rotatable bonds is 16. The normalized spacial score (nSPS) is 10.5. The molecule has 3 N–H and O–H groups in total. The van der Waals surface area contributed by atoms with Crippen molar-refractivity contribution in [1.82, 2.24) is 10.6 Å². The van der Waals surface area contributed by atoms with Gasteiger partial charge in [-0.05, 0) is 24.1 Å². The Labute approximate surface area is 175 Å². The van der Waals surface area contributed by atoms with Gasteiger partial charge in [0.05, 0.1) is 38.5 Å². The molecule has 1 aromatic rings. The van der Waals surface area contributed by atoms with Crippen LogP contribution < -0.4 is 10.6 Å². The second-order valence-electron chi connectivity index (χ2n) is 5.74. The zero-order valence-electron chi connectivity index (χ0n) is 15.9. The summed E-state index contributed by atoms with van der Waals surface area (Å²) >= 11 is 5.83. The number of aliphatic hydroxyl groups is 1. The highest BCUT2D eigenvalue weighted by molar-refractivity contribution is 8.13. The summed E-state index contributed by atoms with van der Waals surface area (Å²) in [6.45, 7) is 2.63. The number of thiocarbonyl (C=S) groups is 1. The highest BCUT2D eigenvalue weighted by Gasteiger charge is 2.06. The predicted octanol–water partition coefficient (Wildman–Crippen LogP) is 1.32. The standard InChI is InChI=1S/C19H28N2O5S2/c22-10-14-26-13-9-21-18(23)6-3-16-1-4-17(5-2-16)28-19(24)7-11-25-12-8-20-15-27/h1-2,4-5,15,22H,3,6-14H2,(H,20,27)(H,21,23). The number of benzene rings is 1. The van der Waals surface area contributed by atoms with Crippen LogP contribution in [-0.2, 0) is 25.5 Å². The zero-order chi connectivity index (χ0) is 20.5. The molecule has 9 heteroatoms. The van der Waals surface area contributed by atoms with E-state index in [0.717, 1.165) is 10.5 Å². The average molecular weight is 429 g/mol. The van der Waals surface area contributed by atoms with Crippen molar-refractivity contribution in [2.45, 2.75) is 24.2 Å². The third-order valence-electron chi connectivity index (χ3n) is 3.52. The molecule has 0 saturated heterocycles. The third-order valence-corrected chi connectivity index (χ3v) is 4.63. The number of carbonyl (C=O) groups is 2. The minimum atomic E-state index is -0.0398. The van der Waals surface area contributed by atoms with Crippen LogP contribution >= 0.6 is 24.0 Å². The molecule has 28 heavy (non-hydrogen) atoms. The zero-order valence-corrected chi connectivity index (χ0v) is 17.5. The van der Waals surface area contributed by atoms with Crippen LogP contribution in [0.15, 0.2) is 29.2 Å². The smallest absolute Gasteiger partial charge is 0.220 e. The van der Waals surface area contributed by atoms with E-state index in [4.69, 9.17) is 14.6 Å². The van der Waals surface area contributed by atoms with Gasteiger partial charge in [-0.25, -0.2) is 0 Å². The average Bonchev–Trinajstić information content (AvgIpc) is 2.70. The Bertz CT molecular complexity index is 584. The van der Waals surface area contributed by atoms with Crippen molar-refractivity contribution in [3.63, 3.8) is 0 Å². The highest BCUT2D eigenvalue weighted by atomic mass is 32.2. The first-order valence-electron chi connectivity index (χ1n) is 9.15. The minimum absolute atomic E-state index is 0.0197. The van der Waals surface area contributed by atoms with Crippen LogP contribution in [0.5, 0.6) is 0 Å². The molecule has 0 saturated carbocycles. The molecular weight excluding hydrogens is 400 g/mol. The molecule has 156 valence electrons. The lowest BCUT2D eigenvalue weighted by molar-refractivity contribution is -0.121. The van der Waals surface area contributed by atoms with E-state index in [1.54, 1.807) is 0 Å². The molecule has 1 amide bonds. The van der Waals surface area contributed by atoms with E-state index in [9.17, 15) is 9.59 Å². The maximum absolute atomic E-state index is 11.9. The summed E-state index contributed by atoms with van der Waals surface area (Å²) in [4.78, 5) is 24.6. The summed E-state index contributed by atoms with van der Waals surface area (Å²) in [5, 5.41) is 14.3. The lowest BCUT2D eigenvalue weighted by Gasteiger charge is -2.07. The molecular formula is C19H28N2O5S2. The quantitative estimate of drug-likeness (QED) is 0.206. The number of carbonyl (C=O) groups excluding carboxylic acids is 2. The van der Waals surface area contributed by atoms with E-state index in [1.807, 2.05) is 24.3 Å². The van der Waals surface area contributed by atoms with Gasteiger partial charge in [0.1, 0.15) is 0 Å². The summed E-state index contributed by atoms with van der Waals surface area (Å²) < 4.78 is 10.4. The minimum Gasteiger partial charge on any atom is -0.394 e. The van der Waals surface area contributed by atoms with E-state index >= 15 is 0 Å². The van der Waals surface area contributed by atoms with Gasteiger partial charge >= 0.3 is 0 Å². The SMILES string of the molecule is O=C(CCc1ccc(SC(=O)CCOCCNC=S)cc1)NCCOCCO. The Kier molecular flexibility index (Phi) is 14.4. The van der Waals surface area contributed by atoms with Crippen molar-refractivity contribution in [2.24, 2.45) is 0 Å². The fraction of sp³-hybridized carbons (Fsp3) is 0.526. The molecule has 0 radical (unpaired) electrons. The topological polar surface area (TPSA) is 96.9 Å². The number of aliphatic hydroxyl groups excluding tert-OH is 1. The fourth-order valence-corrected chi connectivity index (χ4v) is 2.97. The Balaban J connectivity index is 2.18. The molecule has 1 rings (SSSR count). The molecule has 0 aromatic heterocycles. The number of aryl methyl sites for hydroxylation is 1. The summed E-state index contributed by atoms with van der Waals surface area (Å²) in [7, 11) is 0. The lowest BCUT2D eigenvalue weighted by atomic mass is 10.1. The van der Waals surface area contributed by atoms with Crippen LogP contribution in [0.3, 0.4) is 0 Å². The van der Waals surface area contributed by atoms with Crippen molar-refractivity contribution < 1.29 is 24.2 Å². The van der Waals surface area contributed by atoms with Gasteiger partial charge in [-0.3, -0.25) is 9.59 Å². The summed E-state index contributed by atoms with van der Waals surface area (Å²) in [5.74, 6) is -0.0398. The number of hydrogen-bond acceptors (Lipinski definition) is 7. The number of nitrogens with one attached hydrogen (secondary N) is 2. The van der Waals surface area contributed by atoms with Crippen molar-refractivity contribution in [1.29, 1.82) is 0 Å². The predicted molar refractivity (Wildman–Crippen MR) is 114 cm³/mol. The van der Waals surface area contributed by atoms with Gasteiger partial charge in [0.25, 0.3) is 0 Å². The molecule has 1 aromatic carbocycles. The molecule has 0 unspecified atom stereocenters. The molecule has 0 aliphatic heterocycles. The first-order chi connectivity index (χ1) is 13.7. The monoisotopic (exact) mass is 428 g/mol. The highest BCUT2D eigenvalue weighted by Crippen LogP contribution is 2.21. The van der Waals surface area contributed by atoms with E-state index in [-0.39, 0.29) is 24.2 Å². The third kappa shape index (κ3) is 12.8. The van der Waals surface area contributed by atoms with E-state index in [2.05, 4.69) is 22.9 Å². The van der Waals surface area contributed by atoms with Crippen LogP contribution in [0.4, 0.5) is 0 Å². The molecule has 0 fully saturated rings. The van der Waals surface area contributed by atoms with Gasteiger partial charge in [0, 0.05) is 30.8 Å². The number of hydrogen-bond donors (Lipinski definition) is 3. The van der Waals surface area contributed by atoms with E-state index in [0.29, 0.717) is 52.2 Å². The van der Waals surface area contributed by atoms with Gasteiger partial charge < -0.3 is 25.2 Å². The largest absolute Gasteiger partial charge is 0.394 e. The van der Waals surface area contributed by atoms with Crippen LogP contribution in [0, 0.1) is 0 Å². The van der Waals surface area contributed by atoms with Crippen LogP contribution in [0.25, 0.3) is 0 Å². The molecule has 0 bridgehead atoms. The summed E-state index contributed by atoms with van der Waals surface area (Å²) in [6, 6.07) is 7.65.